The number of nitrogens with two attached hydrogens (primary N) is 1. The van der Waals surface area contributed by atoms with Gasteiger partial charge in [0, 0.05) is 0 Å². The van der Waals surface area contributed by atoms with Crippen LogP contribution in [0.5, 0.6) is 0 Å². The summed E-state index contributed by atoms with van der Waals surface area (Å²) < 4.78 is 0. The molecular formula is C12H14B4ClNO. The van der Waals surface area contributed by atoms with Crippen LogP contribution in [0.1, 0.15) is 12.0 Å². The van der Waals surface area contributed by atoms with Crippen LogP contribution in [0.3, 0.4) is 0 Å². The first-order chi connectivity index (χ1) is 8.84. The number of fused-ring (bicyclic) bond motifs is 3. The van der Waals surface area contributed by atoms with Gasteiger partial charge in [-0.3, -0.25) is 4.79 Å². The van der Waals surface area contributed by atoms with Gasteiger partial charge in [0.25, 0.3) is 6.13 Å². The van der Waals surface area contributed by atoms with Crippen molar-refractivity contribution in [2.75, 3.05) is 0 Å². The number of hydrogen-bond acceptors (Lipinski definition) is 2. The van der Waals surface area contributed by atoms with Crippen LogP contribution in [0, 0.1) is 0 Å². The van der Waals surface area contributed by atoms with Crippen molar-refractivity contribution in [3.63, 3.8) is 0 Å². The van der Waals surface area contributed by atoms with E-state index < -0.39 is 10.8 Å². The molecule has 0 amide bonds. The van der Waals surface area contributed by atoms with E-state index in [0.717, 1.165) is 28.4 Å². The van der Waals surface area contributed by atoms with Crippen molar-refractivity contribution in [2.24, 2.45) is 5.73 Å². The standard InChI is InChI=1S/C12H14B4ClNO/c13-7-5-11(15)12(18,10(19)9(7)14)6-3-1-2-4-8(6)16(11)17/h1-4H,5,13-15,18H2. The zero-order chi connectivity index (χ0) is 14.0. The Morgan fingerprint density at radius 3 is 2.63 bits per heavy atom. The fourth-order valence-electron chi connectivity index (χ4n) is 3.71. The van der Waals surface area contributed by atoms with Gasteiger partial charge in [0.05, 0.1) is 5.54 Å². The second-order valence-electron chi connectivity index (χ2n) is 6.09. The molecule has 1 aliphatic carbocycles. The lowest BCUT2D eigenvalue weighted by Gasteiger charge is -2.46. The van der Waals surface area contributed by atoms with E-state index in [1.807, 2.05) is 47.8 Å². The Labute approximate surface area is 121 Å². The highest BCUT2D eigenvalue weighted by molar-refractivity contribution is 7.19. The molecule has 2 atom stereocenters. The highest BCUT2D eigenvalue weighted by Crippen LogP contribution is 2.56. The number of halogens is 1. The first-order valence-corrected chi connectivity index (χ1v) is 7.01. The number of carbonyl (C=O) groups is 1. The Balaban J connectivity index is 2.34. The molecule has 1 aromatic carbocycles. The molecule has 2 N–H and O–H groups in total. The molecule has 19 heavy (non-hydrogen) atoms. The third-order valence-electron chi connectivity index (χ3n) is 5.09. The lowest BCUT2D eigenvalue weighted by Crippen LogP contribution is -2.58. The SMILES string of the molecule is BC1=C(B)C(=O)C2(N)c3ccccc3B(Cl)C2(B)C1. The van der Waals surface area contributed by atoms with Gasteiger partial charge >= 0.3 is 0 Å². The van der Waals surface area contributed by atoms with Crippen LogP contribution in [0.2, 0.25) is 5.21 Å². The molecule has 0 fully saturated rings. The summed E-state index contributed by atoms with van der Waals surface area (Å²) >= 11 is 6.67. The summed E-state index contributed by atoms with van der Waals surface area (Å²) in [5, 5.41) is -0.446. The minimum Gasteiger partial charge on any atom is -0.316 e. The average molecular weight is 267 g/mol. The van der Waals surface area contributed by atoms with E-state index in [1.165, 1.54) is 0 Å². The lowest BCUT2D eigenvalue weighted by molar-refractivity contribution is -0.121. The fourth-order valence-corrected chi connectivity index (χ4v) is 4.15. The van der Waals surface area contributed by atoms with Gasteiger partial charge in [0.2, 0.25) is 0 Å². The van der Waals surface area contributed by atoms with Crippen molar-refractivity contribution < 1.29 is 4.79 Å². The Hall–Kier alpha value is -0.860. The second kappa shape index (κ2) is 3.83. The highest BCUT2D eigenvalue weighted by Gasteiger charge is 2.64. The van der Waals surface area contributed by atoms with E-state index in [2.05, 4.69) is 0 Å². The van der Waals surface area contributed by atoms with Crippen LogP contribution in [-0.2, 0) is 10.3 Å². The largest absolute Gasteiger partial charge is 0.316 e. The Morgan fingerprint density at radius 2 is 1.95 bits per heavy atom. The van der Waals surface area contributed by atoms with Crippen molar-refractivity contribution >= 4 is 52.4 Å². The summed E-state index contributed by atoms with van der Waals surface area (Å²) in [6.07, 6.45) is 0.546. The maximum atomic E-state index is 12.8. The van der Waals surface area contributed by atoms with Gasteiger partial charge in [-0.05, 0) is 17.2 Å². The average Bonchev–Trinajstić information content (AvgIpc) is 2.57. The number of ketones is 1. The first-order valence-electron chi connectivity index (χ1n) is 6.57. The molecule has 0 saturated heterocycles. The third-order valence-corrected chi connectivity index (χ3v) is 5.81. The van der Waals surface area contributed by atoms with E-state index in [1.54, 1.807) is 0 Å². The van der Waals surface area contributed by atoms with Crippen LogP contribution in [0.15, 0.2) is 35.2 Å². The molecule has 1 aromatic rings. The molecule has 0 spiro atoms. The molecule has 0 radical (unpaired) electrons. The van der Waals surface area contributed by atoms with Crippen molar-refractivity contribution in [3.05, 3.63) is 40.8 Å². The summed E-state index contributed by atoms with van der Waals surface area (Å²) in [7, 11) is 5.92. The predicted octanol–water partition coefficient (Wildman–Crippen LogP) is -1.93. The minimum atomic E-state index is -0.987. The van der Waals surface area contributed by atoms with E-state index in [-0.39, 0.29) is 11.9 Å². The number of hydrogen-bond donors (Lipinski definition) is 1. The molecule has 2 nitrogen and oxygen atoms in total. The molecule has 2 unspecified atom stereocenters. The number of Topliss-reactive ketones (excluding diaryl/α,β-unsaturated/α-hetero) is 1. The summed E-state index contributed by atoms with van der Waals surface area (Å²) in [5.74, 6) is 0.0225. The zero-order valence-corrected chi connectivity index (χ0v) is 12.2. The van der Waals surface area contributed by atoms with Gasteiger partial charge in [-0.1, -0.05) is 35.2 Å². The lowest BCUT2D eigenvalue weighted by atomic mass is 9.32. The van der Waals surface area contributed by atoms with Gasteiger partial charge in [-0.2, -0.15) is 11.5 Å². The van der Waals surface area contributed by atoms with E-state index >= 15 is 0 Å². The fraction of sp³-hybridized carbons (Fsp3) is 0.250. The molecule has 0 aromatic heterocycles. The van der Waals surface area contributed by atoms with Crippen molar-refractivity contribution in [2.45, 2.75) is 17.2 Å². The van der Waals surface area contributed by atoms with Gasteiger partial charge in [-0.25, -0.2) is 0 Å². The first kappa shape index (κ1) is 13.1. The predicted molar refractivity (Wildman–Crippen MR) is 88.5 cm³/mol. The zero-order valence-electron chi connectivity index (χ0n) is 11.5. The van der Waals surface area contributed by atoms with E-state index in [9.17, 15) is 4.79 Å². The second-order valence-corrected chi connectivity index (χ2v) is 6.52. The van der Waals surface area contributed by atoms with Crippen molar-refractivity contribution in [1.82, 2.24) is 0 Å². The number of rotatable bonds is 0. The molecule has 7 heteroatoms. The molecule has 2 aliphatic rings. The van der Waals surface area contributed by atoms with Gasteiger partial charge < -0.3 is 5.73 Å². The van der Waals surface area contributed by atoms with Crippen LogP contribution in [-0.4, -0.2) is 35.5 Å². The minimum absolute atomic E-state index is 0.0225. The molecule has 0 saturated carbocycles. The number of carbonyl (C=O) groups excluding carboxylic acids is 1. The smallest absolute Gasteiger partial charge is 0.284 e. The van der Waals surface area contributed by atoms with Crippen LogP contribution in [0.4, 0.5) is 0 Å². The van der Waals surface area contributed by atoms with Crippen LogP contribution < -0.4 is 11.2 Å². The summed E-state index contributed by atoms with van der Waals surface area (Å²) in [6, 6.07) is 7.82. The highest BCUT2D eigenvalue weighted by atomic mass is 35.5. The van der Waals surface area contributed by atoms with Crippen LogP contribution in [0.25, 0.3) is 0 Å². The topological polar surface area (TPSA) is 43.1 Å². The summed E-state index contributed by atoms with van der Waals surface area (Å²) in [6.45, 7) is 0. The molecule has 92 valence electrons. The maximum absolute atomic E-state index is 12.8. The molecule has 1 aliphatic heterocycles. The maximum Gasteiger partial charge on any atom is 0.284 e. The third kappa shape index (κ3) is 1.34. The Bertz CT molecular complexity index is 634. The van der Waals surface area contributed by atoms with E-state index in [0.29, 0.717) is 0 Å². The van der Waals surface area contributed by atoms with Crippen LogP contribution >= 0.6 is 11.5 Å². The molecule has 1 heterocycles. The van der Waals surface area contributed by atoms with E-state index in [4.69, 9.17) is 17.2 Å². The van der Waals surface area contributed by atoms with Crippen molar-refractivity contribution in [1.29, 1.82) is 0 Å². The number of allylic oxidation sites excluding steroid dienone is 1. The van der Waals surface area contributed by atoms with Crippen molar-refractivity contribution in [3.8, 4) is 0 Å². The normalized spacial score (nSPS) is 33.4. The molecule has 3 rings (SSSR count). The monoisotopic (exact) mass is 267 g/mol. The molecule has 0 bridgehead atoms. The van der Waals surface area contributed by atoms with Gasteiger partial charge in [0.15, 0.2) is 5.78 Å². The van der Waals surface area contributed by atoms with Gasteiger partial charge in [0.1, 0.15) is 23.5 Å². The summed E-state index contributed by atoms with van der Waals surface area (Å²) in [4.78, 5) is 12.8. The summed E-state index contributed by atoms with van der Waals surface area (Å²) in [5.41, 5.74) is 9.44. The van der Waals surface area contributed by atoms with Gasteiger partial charge in [-0.15, -0.1) is 5.47 Å². The number of benzene rings is 1. The quantitative estimate of drug-likeness (QED) is 0.556. The Morgan fingerprint density at radius 1 is 1.32 bits per heavy atom. The molecular weight excluding hydrogens is 253 g/mol. The Kier molecular flexibility index (Phi) is 2.65.